The molecule has 0 aromatic carbocycles. The normalized spacial score (nSPS) is 14.1. The van der Waals surface area contributed by atoms with Gasteiger partial charge in [0.2, 0.25) is 0 Å². The third-order valence-corrected chi connectivity index (χ3v) is 2.97. The van der Waals surface area contributed by atoms with Gasteiger partial charge >= 0.3 is 12.0 Å². The van der Waals surface area contributed by atoms with Crippen molar-refractivity contribution in [1.82, 2.24) is 10.2 Å². The van der Waals surface area contributed by atoms with Crippen LogP contribution in [0.3, 0.4) is 0 Å². The molecule has 0 heterocycles. The molecule has 0 aromatic heterocycles. The highest BCUT2D eigenvalue weighted by Gasteiger charge is 2.23. The molecular weight excluding hydrogens is 232 g/mol. The van der Waals surface area contributed by atoms with Gasteiger partial charge in [-0.2, -0.15) is 0 Å². The molecule has 0 rings (SSSR count). The van der Waals surface area contributed by atoms with Crippen molar-refractivity contribution in [2.45, 2.75) is 59.0 Å². The highest BCUT2D eigenvalue weighted by molar-refractivity contribution is 5.82. The highest BCUT2D eigenvalue weighted by Crippen LogP contribution is 2.10. The zero-order chi connectivity index (χ0) is 14.3. The van der Waals surface area contributed by atoms with Crippen LogP contribution in [0.2, 0.25) is 0 Å². The third-order valence-electron chi connectivity index (χ3n) is 2.97. The van der Waals surface area contributed by atoms with Crippen LogP contribution in [0.1, 0.15) is 47.0 Å². The first kappa shape index (κ1) is 16.7. The van der Waals surface area contributed by atoms with Crippen LogP contribution in [0.4, 0.5) is 4.79 Å². The maximum absolute atomic E-state index is 11.9. The van der Waals surface area contributed by atoms with Crippen molar-refractivity contribution in [1.29, 1.82) is 0 Å². The molecule has 5 heteroatoms. The number of carboxylic acids is 1. The molecular formula is C13H26N2O3. The van der Waals surface area contributed by atoms with E-state index in [1.54, 1.807) is 11.9 Å². The van der Waals surface area contributed by atoms with E-state index >= 15 is 0 Å². The molecule has 0 aliphatic heterocycles. The van der Waals surface area contributed by atoms with Gasteiger partial charge in [0.1, 0.15) is 6.04 Å². The summed E-state index contributed by atoms with van der Waals surface area (Å²) in [6.07, 6.45) is 2.07. The predicted octanol–water partition coefficient (Wildman–Crippen LogP) is 2.32. The maximum Gasteiger partial charge on any atom is 0.326 e. The number of carboxylic acid groups (broad SMARTS) is 1. The molecule has 2 amide bonds. The summed E-state index contributed by atoms with van der Waals surface area (Å²) in [7, 11) is 1.70. The molecule has 1 unspecified atom stereocenters. The second kappa shape index (κ2) is 7.95. The minimum atomic E-state index is -0.977. The third kappa shape index (κ3) is 5.89. The lowest BCUT2D eigenvalue weighted by atomic mass is 10.0. The fourth-order valence-electron chi connectivity index (χ4n) is 1.84. The Bertz CT molecular complexity index is 279. The van der Waals surface area contributed by atoms with E-state index in [9.17, 15) is 9.59 Å². The summed E-state index contributed by atoms with van der Waals surface area (Å²) < 4.78 is 0. The highest BCUT2D eigenvalue weighted by atomic mass is 16.4. The van der Waals surface area contributed by atoms with Crippen LogP contribution in [0.25, 0.3) is 0 Å². The van der Waals surface area contributed by atoms with E-state index in [1.165, 1.54) is 0 Å². The number of carbonyl (C=O) groups is 2. The smallest absolute Gasteiger partial charge is 0.326 e. The minimum absolute atomic E-state index is 0.0982. The first-order valence-electron chi connectivity index (χ1n) is 6.55. The Morgan fingerprint density at radius 1 is 1.28 bits per heavy atom. The topological polar surface area (TPSA) is 69.6 Å². The summed E-state index contributed by atoms with van der Waals surface area (Å²) in [5, 5.41) is 11.5. The summed E-state index contributed by atoms with van der Waals surface area (Å²) in [6, 6.07) is -1.01. The maximum atomic E-state index is 11.9. The van der Waals surface area contributed by atoms with Crippen molar-refractivity contribution >= 4 is 12.0 Å². The van der Waals surface area contributed by atoms with Gasteiger partial charge in [0.05, 0.1) is 0 Å². The van der Waals surface area contributed by atoms with Gasteiger partial charge in [0.15, 0.2) is 0 Å². The van der Waals surface area contributed by atoms with Crippen LogP contribution >= 0.6 is 0 Å². The van der Waals surface area contributed by atoms with Crippen LogP contribution in [0, 0.1) is 5.92 Å². The number of carbonyl (C=O) groups excluding carboxylic acids is 1. The fraction of sp³-hybridized carbons (Fsp3) is 0.846. The summed E-state index contributed by atoms with van der Waals surface area (Å²) >= 11 is 0. The molecule has 18 heavy (non-hydrogen) atoms. The van der Waals surface area contributed by atoms with Gasteiger partial charge in [0.25, 0.3) is 0 Å². The summed E-state index contributed by atoms with van der Waals surface area (Å²) in [5.74, 6) is -0.476. The van der Waals surface area contributed by atoms with Crippen LogP contribution in [0.5, 0.6) is 0 Å². The van der Waals surface area contributed by atoms with E-state index in [2.05, 4.69) is 19.2 Å². The molecule has 5 nitrogen and oxygen atoms in total. The van der Waals surface area contributed by atoms with E-state index in [1.807, 2.05) is 13.8 Å². The molecule has 0 aliphatic carbocycles. The molecule has 0 saturated carbocycles. The number of hydrogen-bond acceptors (Lipinski definition) is 2. The Labute approximate surface area is 110 Å². The van der Waals surface area contributed by atoms with Gasteiger partial charge in [-0.15, -0.1) is 0 Å². The molecule has 0 aliphatic rings. The Morgan fingerprint density at radius 3 is 2.22 bits per heavy atom. The van der Waals surface area contributed by atoms with Gasteiger partial charge in [-0.05, 0) is 25.7 Å². The fourth-order valence-corrected chi connectivity index (χ4v) is 1.84. The lowest BCUT2D eigenvalue weighted by Crippen LogP contribution is -2.49. The number of urea groups is 1. The monoisotopic (exact) mass is 258 g/mol. The Kier molecular flexibility index (Phi) is 7.39. The zero-order valence-electron chi connectivity index (χ0n) is 12.1. The van der Waals surface area contributed by atoms with Gasteiger partial charge in [-0.3, -0.25) is 0 Å². The molecule has 0 spiro atoms. The molecule has 2 atom stereocenters. The molecule has 0 bridgehead atoms. The number of aliphatic carboxylic acids is 1. The molecule has 0 saturated heterocycles. The lowest BCUT2D eigenvalue weighted by molar-refractivity contribution is -0.139. The predicted molar refractivity (Wildman–Crippen MR) is 71.5 cm³/mol. The van der Waals surface area contributed by atoms with Crippen LogP contribution in [0.15, 0.2) is 0 Å². The molecule has 0 aromatic rings. The lowest BCUT2D eigenvalue weighted by Gasteiger charge is -2.28. The van der Waals surface area contributed by atoms with E-state index in [4.69, 9.17) is 5.11 Å². The van der Waals surface area contributed by atoms with Crippen molar-refractivity contribution in [2.24, 2.45) is 5.92 Å². The molecule has 0 radical (unpaired) electrons. The van der Waals surface area contributed by atoms with Crippen molar-refractivity contribution < 1.29 is 14.7 Å². The molecule has 106 valence electrons. The van der Waals surface area contributed by atoms with Gasteiger partial charge in [0, 0.05) is 13.1 Å². The first-order chi connectivity index (χ1) is 8.29. The molecule has 2 N–H and O–H groups in total. The summed E-state index contributed by atoms with van der Waals surface area (Å²) in [5.41, 5.74) is 0. The van der Waals surface area contributed by atoms with Crippen molar-refractivity contribution in [3.05, 3.63) is 0 Å². The van der Waals surface area contributed by atoms with Gasteiger partial charge < -0.3 is 15.3 Å². The largest absolute Gasteiger partial charge is 0.480 e. The van der Waals surface area contributed by atoms with E-state index < -0.39 is 12.0 Å². The van der Waals surface area contributed by atoms with E-state index in [0.29, 0.717) is 12.3 Å². The number of rotatable bonds is 7. The van der Waals surface area contributed by atoms with E-state index in [0.717, 1.165) is 12.8 Å². The molecule has 0 fully saturated rings. The van der Waals surface area contributed by atoms with Crippen molar-refractivity contribution in [3.63, 3.8) is 0 Å². The second-order valence-corrected chi connectivity index (χ2v) is 5.22. The summed E-state index contributed by atoms with van der Waals surface area (Å²) in [4.78, 5) is 24.4. The SMILES string of the molecule is CCC[C@H](NC(=O)N(C)C(C)CC(C)C)C(=O)O. The second-order valence-electron chi connectivity index (χ2n) is 5.22. The number of nitrogens with one attached hydrogen (secondary N) is 1. The Balaban J connectivity index is 4.40. The van der Waals surface area contributed by atoms with Crippen LogP contribution < -0.4 is 5.32 Å². The van der Waals surface area contributed by atoms with Crippen molar-refractivity contribution in [3.8, 4) is 0 Å². The zero-order valence-corrected chi connectivity index (χ0v) is 12.1. The first-order valence-corrected chi connectivity index (χ1v) is 6.55. The Hall–Kier alpha value is -1.26. The average molecular weight is 258 g/mol. The van der Waals surface area contributed by atoms with Crippen molar-refractivity contribution in [2.75, 3.05) is 7.05 Å². The number of amides is 2. The quantitative estimate of drug-likeness (QED) is 0.736. The minimum Gasteiger partial charge on any atom is -0.480 e. The average Bonchev–Trinajstić information content (AvgIpc) is 2.26. The van der Waals surface area contributed by atoms with Crippen LogP contribution in [-0.4, -0.2) is 41.1 Å². The number of nitrogens with zero attached hydrogens (tertiary/aromatic N) is 1. The standard InChI is InChI=1S/C13H26N2O3/c1-6-7-11(12(16)17)14-13(18)15(5)10(4)8-9(2)3/h9-11H,6-8H2,1-5H3,(H,14,18)(H,16,17)/t10?,11-/m0/s1. The van der Waals surface area contributed by atoms with Gasteiger partial charge in [-0.25, -0.2) is 9.59 Å². The van der Waals surface area contributed by atoms with E-state index in [-0.39, 0.29) is 12.1 Å². The summed E-state index contributed by atoms with van der Waals surface area (Å²) in [6.45, 7) is 8.06. The number of hydrogen-bond donors (Lipinski definition) is 2. The Morgan fingerprint density at radius 2 is 1.83 bits per heavy atom. The van der Waals surface area contributed by atoms with Crippen LogP contribution in [-0.2, 0) is 4.79 Å². The van der Waals surface area contributed by atoms with Gasteiger partial charge in [-0.1, -0.05) is 27.2 Å².